The number of fused-ring (bicyclic) bond motifs is 1. The van der Waals surface area contributed by atoms with E-state index >= 15 is 4.39 Å². The molecule has 9 heteroatoms. The summed E-state index contributed by atoms with van der Waals surface area (Å²) in [7, 11) is 0. The van der Waals surface area contributed by atoms with E-state index in [0.29, 0.717) is 36.1 Å². The maximum atomic E-state index is 15.4. The number of nitrogens with two attached hydrogens (primary N) is 1. The Morgan fingerprint density at radius 2 is 1.94 bits per heavy atom. The van der Waals surface area contributed by atoms with Crippen molar-refractivity contribution in [1.29, 1.82) is 5.26 Å². The van der Waals surface area contributed by atoms with Crippen molar-refractivity contribution >= 4 is 38.7 Å². The van der Waals surface area contributed by atoms with E-state index in [1.165, 1.54) is 11.3 Å². The van der Waals surface area contributed by atoms with Crippen LogP contribution in [0.5, 0.6) is 0 Å². The summed E-state index contributed by atoms with van der Waals surface area (Å²) in [6.45, 7) is 5.55. The Balaban J connectivity index is 1.48. The highest BCUT2D eigenvalue weighted by Crippen LogP contribution is 2.45. The second-order valence-electron chi connectivity index (χ2n) is 9.78. The molecule has 3 aromatic rings. The Morgan fingerprint density at radius 1 is 1.17 bits per heavy atom. The number of thiazole rings is 1. The average molecular weight is 493 g/mol. The van der Waals surface area contributed by atoms with Crippen LogP contribution < -0.4 is 15.5 Å². The SMILES string of the molecule is CCN(c1nc(C2CCOCC2)c(C#N)s1)c1cc(C2CC2)nc2c(F)cc(N3CC(N)C3)cc12. The summed E-state index contributed by atoms with van der Waals surface area (Å²) in [6, 6.07) is 8.22. The van der Waals surface area contributed by atoms with Gasteiger partial charge in [-0.25, -0.2) is 14.4 Å². The van der Waals surface area contributed by atoms with E-state index in [9.17, 15) is 5.26 Å². The molecular formula is C26H29FN6OS. The normalized spacial score (nSPS) is 19.1. The standard InChI is InChI=1S/C26H29FN6OS/c1-2-33(26-31-24(23(12-28)35-26)16-5-7-34-8-6-16)22-11-21(15-3-4-15)30-25-19(22)9-18(10-20(25)27)32-13-17(29)14-32/h9-11,15-17H,2-8,13-14,29H2,1H3. The fourth-order valence-electron chi connectivity index (χ4n) is 5.16. The fourth-order valence-corrected chi connectivity index (χ4v) is 6.19. The minimum absolute atomic E-state index is 0.124. The molecule has 3 fully saturated rings. The number of ether oxygens (including phenoxy) is 1. The van der Waals surface area contributed by atoms with Crippen molar-refractivity contribution in [3.63, 3.8) is 0 Å². The van der Waals surface area contributed by atoms with Crippen LogP contribution in [-0.4, -0.2) is 48.9 Å². The van der Waals surface area contributed by atoms with Crippen LogP contribution >= 0.6 is 11.3 Å². The zero-order chi connectivity index (χ0) is 24.1. The van der Waals surface area contributed by atoms with E-state index in [4.69, 9.17) is 20.4 Å². The summed E-state index contributed by atoms with van der Waals surface area (Å²) >= 11 is 1.42. The largest absolute Gasteiger partial charge is 0.381 e. The molecule has 1 aromatic carbocycles. The van der Waals surface area contributed by atoms with Gasteiger partial charge >= 0.3 is 0 Å². The Hall–Kier alpha value is -2.80. The van der Waals surface area contributed by atoms with E-state index in [0.717, 1.165) is 72.1 Å². The second kappa shape index (κ2) is 9.01. The monoisotopic (exact) mass is 492 g/mol. The van der Waals surface area contributed by atoms with Crippen LogP contribution in [0, 0.1) is 17.1 Å². The van der Waals surface area contributed by atoms with Crippen LogP contribution in [0.1, 0.15) is 60.7 Å². The lowest BCUT2D eigenvalue weighted by molar-refractivity contribution is 0.0846. The highest BCUT2D eigenvalue weighted by Gasteiger charge is 2.31. The van der Waals surface area contributed by atoms with Gasteiger partial charge in [0.2, 0.25) is 0 Å². The van der Waals surface area contributed by atoms with Crippen molar-refractivity contribution in [2.75, 3.05) is 42.6 Å². The molecule has 0 amide bonds. The van der Waals surface area contributed by atoms with Gasteiger partial charge in [0, 0.05) is 67.5 Å². The van der Waals surface area contributed by atoms with Crippen LogP contribution in [0.4, 0.5) is 20.9 Å². The first-order valence-corrected chi connectivity index (χ1v) is 13.3. The number of halogens is 1. The first-order valence-electron chi connectivity index (χ1n) is 12.5. The van der Waals surface area contributed by atoms with E-state index < -0.39 is 0 Å². The Labute approximate surface area is 208 Å². The first-order chi connectivity index (χ1) is 17.1. The lowest BCUT2D eigenvalue weighted by Crippen LogP contribution is -2.55. The minimum Gasteiger partial charge on any atom is -0.381 e. The molecule has 0 spiro atoms. The molecule has 1 aliphatic carbocycles. The van der Waals surface area contributed by atoms with Crippen LogP contribution in [0.15, 0.2) is 18.2 Å². The van der Waals surface area contributed by atoms with Crippen molar-refractivity contribution in [2.45, 2.75) is 50.5 Å². The van der Waals surface area contributed by atoms with Gasteiger partial charge in [-0.1, -0.05) is 11.3 Å². The minimum atomic E-state index is -0.308. The third-order valence-corrected chi connectivity index (χ3v) is 8.31. The summed E-state index contributed by atoms with van der Waals surface area (Å²) in [6.07, 6.45) is 3.92. The summed E-state index contributed by atoms with van der Waals surface area (Å²) < 4.78 is 21.0. The van der Waals surface area contributed by atoms with Crippen molar-refractivity contribution < 1.29 is 9.13 Å². The summed E-state index contributed by atoms with van der Waals surface area (Å²) in [5.41, 5.74) is 9.93. The number of benzene rings is 1. The molecule has 7 nitrogen and oxygen atoms in total. The Morgan fingerprint density at radius 3 is 2.60 bits per heavy atom. The highest BCUT2D eigenvalue weighted by atomic mass is 32.1. The van der Waals surface area contributed by atoms with Gasteiger partial charge in [0.1, 0.15) is 16.5 Å². The van der Waals surface area contributed by atoms with E-state index in [-0.39, 0.29) is 17.8 Å². The lowest BCUT2D eigenvalue weighted by atomic mass is 9.96. The van der Waals surface area contributed by atoms with Crippen molar-refractivity contribution in [1.82, 2.24) is 9.97 Å². The van der Waals surface area contributed by atoms with Gasteiger partial charge in [-0.15, -0.1) is 0 Å². The molecule has 35 heavy (non-hydrogen) atoms. The van der Waals surface area contributed by atoms with Crippen molar-refractivity contribution in [3.8, 4) is 6.07 Å². The van der Waals surface area contributed by atoms with Crippen LogP contribution in [0.3, 0.4) is 0 Å². The Bertz CT molecular complexity index is 1300. The van der Waals surface area contributed by atoms with E-state index in [1.807, 2.05) is 6.07 Å². The number of aromatic nitrogens is 2. The number of nitriles is 1. The van der Waals surface area contributed by atoms with Crippen molar-refractivity contribution in [2.24, 2.45) is 5.73 Å². The lowest BCUT2D eigenvalue weighted by Gasteiger charge is -2.39. The third kappa shape index (κ3) is 4.14. The molecule has 2 aliphatic heterocycles. The molecule has 182 valence electrons. The quantitative estimate of drug-likeness (QED) is 0.529. The number of hydrogen-bond donors (Lipinski definition) is 1. The molecule has 0 atom stereocenters. The highest BCUT2D eigenvalue weighted by molar-refractivity contribution is 7.16. The molecule has 0 bridgehead atoms. The molecule has 0 radical (unpaired) electrons. The topological polar surface area (TPSA) is 91.3 Å². The maximum Gasteiger partial charge on any atom is 0.191 e. The van der Waals surface area contributed by atoms with E-state index in [2.05, 4.69) is 28.9 Å². The predicted molar refractivity (Wildman–Crippen MR) is 136 cm³/mol. The van der Waals surface area contributed by atoms with Gasteiger partial charge in [-0.3, -0.25) is 0 Å². The zero-order valence-corrected chi connectivity index (χ0v) is 20.7. The smallest absolute Gasteiger partial charge is 0.191 e. The summed E-state index contributed by atoms with van der Waals surface area (Å²) in [4.78, 5) is 14.6. The van der Waals surface area contributed by atoms with Crippen LogP contribution in [0.2, 0.25) is 0 Å². The molecule has 3 aliphatic rings. The summed E-state index contributed by atoms with van der Waals surface area (Å²) in [5, 5.41) is 11.4. The number of hydrogen-bond acceptors (Lipinski definition) is 8. The number of pyridine rings is 1. The number of nitrogens with zero attached hydrogens (tertiary/aromatic N) is 5. The van der Waals surface area contributed by atoms with Crippen LogP contribution in [-0.2, 0) is 4.74 Å². The Kier molecular flexibility index (Phi) is 5.83. The molecular weight excluding hydrogens is 463 g/mol. The molecule has 2 N–H and O–H groups in total. The van der Waals surface area contributed by atoms with Gasteiger partial charge < -0.3 is 20.3 Å². The predicted octanol–water partition coefficient (Wildman–Crippen LogP) is 4.78. The molecule has 0 unspecified atom stereocenters. The van der Waals surface area contributed by atoms with Crippen LogP contribution in [0.25, 0.3) is 10.9 Å². The summed E-state index contributed by atoms with van der Waals surface area (Å²) in [5.74, 6) is 0.309. The molecule has 2 saturated heterocycles. The zero-order valence-electron chi connectivity index (χ0n) is 19.8. The molecule has 4 heterocycles. The third-order valence-electron chi connectivity index (χ3n) is 7.31. The molecule has 6 rings (SSSR count). The van der Waals surface area contributed by atoms with Gasteiger partial charge in [0.05, 0.1) is 11.4 Å². The fraction of sp³-hybridized carbons (Fsp3) is 0.500. The maximum absolute atomic E-state index is 15.4. The first kappa shape index (κ1) is 22.7. The average Bonchev–Trinajstić information content (AvgIpc) is 3.62. The number of anilines is 3. The molecule has 2 aromatic heterocycles. The van der Waals surface area contributed by atoms with Gasteiger partial charge in [-0.05, 0) is 50.8 Å². The molecule has 1 saturated carbocycles. The van der Waals surface area contributed by atoms with Gasteiger partial charge in [0.25, 0.3) is 0 Å². The van der Waals surface area contributed by atoms with Crippen molar-refractivity contribution in [3.05, 3.63) is 40.3 Å². The second-order valence-corrected chi connectivity index (χ2v) is 10.8. The number of rotatable bonds is 6. The van der Waals surface area contributed by atoms with Gasteiger partial charge in [0.15, 0.2) is 10.9 Å². The van der Waals surface area contributed by atoms with E-state index in [1.54, 1.807) is 6.07 Å². The van der Waals surface area contributed by atoms with Gasteiger partial charge in [-0.2, -0.15) is 5.26 Å².